The van der Waals surface area contributed by atoms with Gasteiger partial charge in [-0.05, 0) is 60.7 Å². The number of carbonyl (C=O) groups excluding carboxylic acids is 2. The lowest BCUT2D eigenvalue weighted by atomic mass is 10.3. The summed E-state index contributed by atoms with van der Waals surface area (Å²) in [6.45, 7) is 0. The second-order valence-electron chi connectivity index (χ2n) is 7.74. The predicted molar refractivity (Wildman–Crippen MR) is 163 cm³/mol. The number of alkyl halides is 6. The number of para-hydroxylation sites is 2. The van der Waals surface area contributed by atoms with Crippen molar-refractivity contribution in [3.8, 4) is 11.5 Å². The first-order valence-electron chi connectivity index (χ1n) is 10.9. The van der Waals surface area contributed by atoms with Gasteiger partial charge in [-0.2, -0.15) is 0 Å². The molecule has 0 fully saturated rings. The molecule has 0 aromatic heterocycles. The third-order valence-electron chi connectivity index (χ3n) is 4.66. The Morgan fingerprint density at radius 1 is 0.575 bits per heavy atom. The Bertz CT molecular complexity index is 1200. The maximum atomic E-state index is 12.6. The van der Waals surface area contributed by atoms with E-state index in [1.54, 1.807) is 60.7 Å². The number of amides is 4. The summed E-state index contributed by atoms with van der Waals surface area (Å²) in [4.78, 5) is 25.1. The highest BCUT2D eigenvalue weighted by molar-refractivity contribution is 6.68. The first kappa shape index (κ1) is 32.6. The Morgan fingerprint density at radius 2 is 0.900 bits per heavy atom. The van der Waals surface area contributed by atoms with Crippen LogP contribution in [0.25, 0.3) is 0 Å². The third-order valence-corrected chi connectivity index (χ3v) is 6.36. The molecule has 0 heterocycles. The number of nitrogens with one attached hydrogen (secondary N) is 4. The van der Waals surface area contributed by atoms with Crippen LogP contribution in [0.3, 0.4) is 0 Å². The van der Waals surface area contributed by atoms with Crippen molar-refractivity contribution in [2.45, 2.75) is 20.0 Å². The number of benzene rings is 3. The second-order valence-corrected chi connectivity index (χ2v) is 13.3. The molecule has 4 amide bonds. The molecule has 0 aliphatic heterocycles. The SMILES string of the molecule is O=C(Nc1ccc(Cl)cc1)N[C@@H](Oc1ccccc1O[C@H](NC(=O)Nc1ccc(Cl)cc1)C(Cl)(Cl)Cl)C(Cl)(Cl)Cl. The van der Waals surface area contributed by atoms with Crippen LogP contribution in [0.2, 0.25) is 10.0 Å². The van der Waals surface area contributed by atoms with E-state index in [9.17, 15) is 9.59 Å². The fourth-order valence-corrected chi connectivity index (χ4v) is 3.74. The van der Waals surface area contributed by atoms with Gasteiger partial charge in [0.05, 0.1) is 0 Å². The molecule has 16 heteroatoms. The summed E-state index contributed by atoms with van der Waals surface area (Å²) in [7, 11) is 0. The number of hydrogen-bond acceptors (Lipinski definition) is 4. The molecular weight excluding hydrogens is 692 g/mol. The van der Waals surface area contributed by atoms with Gasteiger partial charge in [0.15, 0.2) is 11.5 Å². The van der Waals surface area contributed by atoms with Gasteiger partial charge in [-0.15, -0.1) is 0 Å². The molecule has 0 unspecified atom stereocenters. The van der Waals surface area contributed by atoms with Crippen molar-refractivity contribution >= 4 is 116 Å². The van der Waals surface area contributed by atoms with Crippen LogP contribution in [-0.4, -0.2) is 32.1 Å². The maximum absolute atomic E-state index is 12.6. The van der Waals surface area contributed by atoms with Gasteiger partial charge in [-0.1, -0.05) is 105 Å². The minimum absolute atomic E-state index is 0.0234. The van der Waals surface area contributed by atoms with Gasteiger partial charge in [0, 0.05) is 21.4 Å². The molecule has 3 rings (SSSR count). The summed E-state index contributed by atoms with van der Waals surface area (Å²) >= 11 is 48.2. The van der Waals surface area contributed by atoms with Crippen LogP contribution in [0.15, 0.2) is 72.8 Å². The maximum Gasteiger partial charge on any atom is 0.322 e. The number of anilines is 2. The minimum Gasteiger partial charge on any atom is -0.462 e. The molecule has 4 N–H and O–H groups in total. The van der Waals surface area contributed by atoms with Crippen LogP contribution in [0, 0.1) is 0 Å². The van der Waals surface area contributed by atoms with Gasteiger partial charge in [-0.3, -0.25) is 10.6 Å². The van der Waals surface area contributed by atoms with Crippen molar-refractivity contribution in [2.75, 3.05) is 10.6 Å². The summed E-state index contributed by atoms with van der Waals surface area (Å²) in [5.74, 6) is -0.0467. The van der Waals surface area contributed by atoms with E-state index in [1.807, 2.05) is 0 Å². The molecule has 3 aromatic carbocycles. The van der Waals surface area contributed by atoms with Crippen molar-refractivity contribution in [1.29, 1.82) is 0 Å². The Labute approximate surface area is 269 Å². The standard InChI is InChI=1S/C24H18Cl8N4O4/c25-13-5-9-15(10-6-13)33-21(37)35-19(23(27,28)29)39-17-3-1-2-4-18(17)40-20(24(30,31)32)36-22(38)34-16-11-7-14(26)8-12-16/h1-12,19-20H,(H2,33,35,37)(H2,34,36,38)/t19-,20-/m0/s1. The Morgan fingerprint density at radius 3 is 1.20 bits per heavy atom. The monoisotopic (exact) mass is 706 g/mol. The van der Waals surface area contributed by atoms with E-state index in [-0.39, 0.29) is 11.5 Å². The van der Waals surface area contributed by atoms with E-state index in [0.29, 0.717) is 21.4 Å². The number of rotatable bonds is 8. The number of urea groups is 2. The van der Waals surface area contributed by atoms with Gasteiger partial charge in [0.1, 0.15) is 0 Å². The topological polar surface area (TPSA) is 101 Å². The summed E-state index contributed by atoms with van der Waals surface area (Å²) in [5, 5.41) is 10.9. The van der Waals surface area contributed by atoms with Crippen molar-refractivity contribution in [1.82, 2.24) is 10.6 Å². The van der Waals surface area contributed by atoms with Crippen molar-refractivity contribution in [3.05, 3.63) is 82.8 Å². The van der Waals surface area contributed by atoms with Crippen LogP contribution in [-0.2, 0) is 0 Å². The highest BCUT2D eigenvalue weighted by atomic mass is 35.6. The van der Waals surface area contributed by atoms with Gasteiger partial charge in [0.25, 0.3) is 0 Å². The molecule has 40 heavy (non-hydrogen) atoms. The smallest absolute Gasteiger partial charge is 0.322 e. The highest BCUT2D eigenvalue weighted by Crippen LogP contribution is 2.38. The average molecular weight is 710 g/mol. The Kier molecular flexibility index (Phi) is 11.7. The normalized spacial score (nSPS) is 13.0. The Balaban J connectivity index is 1.74. The van der Waals surface area contributed by atoms with Gasteiger partial charge in [0.2, 0.25) is 20.0 Å². The number of ether oxygens (including phenoxy) is 2. The van der Waals surface area contributed by atoms with E-state index >= 15 is 0 Å². The van der Waals surface area contributed by atoms with Crippen molar-refractivity contribution in [3.63, 3.8) is 0 Å². The summed E-state index contributed by atoms with van der Waals surface area (Å²) < 4.78 is 7.27. The molecule has 0 radical (unpaired) electrons. The third kappa shape index (κ3) is 10.5. The van der Waals surface area contributed by atoms with E-state index in [4.69, 9.17) is 102 Å². The number of halogens is 8. The zero-order valence-electron chi connectivity index (χ0n) is 19.7. The molecule has 0 saturated carbocycles. The molecular formula is C24H18Cl8N4O4. The zero-order chi connectivity index (χ0) is 29.5. The lowest BCUT2D eigenvalue weighted by molar-refractivity contribution is 0.140. The van der Waals surface area contributed by atoms with E-state index < -0.39 is 32.1 Å². The first-order valence-corrected chi connectivity index (χ1v) is 13.9. The largest absolute Gasteiger partial charge is 0.462 e. The van der Waals surface area contributed by atoms with E-state index in [1.165, 1.54) is 12.1 Å². The van der Waals surface area contributed by atoms with Crippen LogP contribution in [0.1, 0.15) is 0 Å². The molecule has 3 aromatic rings. The van der Waals surface area contributed by atoms with Crippen LogP contribution in [0.4, 0.5) is 21.0 Å². The summed E-state index contributed by atoms with van der Waals surface area (Å²) in [6.07, 6.45) is -3.05. The molecule has 0 aliphatic carbocycles. The predicted octanol–water partition coefficient (Wildman–Crippen LogP) is 8.79. The molecule has 2 atom stereocenters. The fourth-order valence-electron chi connectivity index (χ4n) is 2.89. The Hall–Kier alpha value is -1.88. The number of carbonyl (C=O) groups is 2. The van der Waals surface area contributed by atoms with E-state index in [2.05, 4.69) is 21.3 Å². The van der Waals surface area contributed by atoms with Gasteiger partial charge < -0.3 is 20.1 Å². The lowest BCUT2D eigenvalue weighted by Crippen LogP contribution is -2.50. The van der Waals surface area contributed by atoms with Gasteiger partial charge in [-0.25, -0.2) is 9.59 Å². The highest BCUT2D eigenvalue weighted by Gasteiger charge is 2.39. The molecule has 214 valence electrons. The first-order chi connectivity index (χ1) is 18.7. The fraction of sp³-hybridized carbons (Fsp3) is 0.167. The second kappa shape index (κ2) is 14.3. The van der Waals surface area contributed by atoms with Crippen molar-refractivity contribution < 1.29 is 19.1 Å². The van der Waals surface area contributed by atoms with Crippen LogP contribution in [0.5, 0.6) is 11.5 Å². The lowest BCUT2D eigenvalue weighted by Gasteiger charge is -2.29. The van der Waals surface area contributed by atoms with Crippen LogP contribution >= 0.6 is 92.8 Å². The number of hydrogen-bond donors (Lipinski definition) is 4. The van der Waals surface area contributed by atoms with Gasteiger partial charge >= 0.3 is 12.1 Å². The van der Waals surface area contributed by atoms with Crippen molar-refractivity contribution in [2.24, 2.45) is 0 Å². The quantitative estimate of drug-likeness (QED) is 0.139. The minimum atomic E-state index is -2.14. The molecule has 0 spiro atoms. The molecule has 0 aliphatic rings. The van der Waals surface area contributed by atoms with Crippen LogP contribution < -0.4 is 30.7 Å². The molecule has 8 nitrogen and oxygen atoms in total. The van der Waals surface area contributed by atoms with E-state index in [0.717, 1.165) is 0 Å². The zero-order valence-corrected chi connectivity index (χ0v) is 25.8. The summed E-state index contributed by atoms with van der Waals surface area (Å²) in [5.41, 5.74) is 0.837. The molecule has 0 bridgehead atoms. The molecule has 0 saturated heterocycles. The summed E-state index contributed by atoms with van der Waals surface area (Å²) in [6, 6.07) is 17.2. The average Bonchev–Trinajstić information content (AvgIpc) is 2.86.